The van der Waals surface area contributed by atoms with E-state index < -0.39 is 0 Å². The van der Waals surface area contributed by atoms with E-state index in [1.165, 1.54) is 11.1 Å². The Morgan fingerprint density at radius 3 is 3.00 bits per heavy atom. The normalized spacial score (nSPS) is 12.6. The van der Waals surface area contributed by atoms with Gasteiger partial charge in [0.25, 0.3) is 0 Å². The maximum Gasteiger partial charge on any atom is 0.0944 e. The monoisotopic (exact) mass is 311 g/mol. The number of hydrazine groups is 1. The molecule has 90 valence electrons. The molecule has 0 amide bonds. The van der Waals surface area contributed by atoms with Crippen LogP contribution in [0.4, 0.5) is 0 Å². The van der Waals surface area contributed by atoms with Crippen molar-refractivity contribution in [2.24, 2.45) is 5.84 Å². The minimum absolute atomic E-state index is 0.0791. The smallest absolute Gasteiger partial charge is 0.0944 e. The molecule has 2 aromatic rings. The second-order valence-electron chi connectivity index (χ2n) is 3.83. The lowest BCUT2D eigenvalue weighted by Crippen LogP contribution is -2.29. The second-order valence-corrected chi connectivity index (χ2v) is 5.60. The molecule has 17 heavy (non-hydrogen) atoms. The number of nitrogens with zero attached hydrogens (tertiary/aromatic N) is 1. The highest BCUT2D eigenvalue weighted by Gasteiger charge is 2.15. The van der Waals surface area contributed by atoms with Crippen LogP contribution in [0.3, 0.4) is 0 Å². The summed E-state index contributed by atoms with van der Waals surface area (Å²) in [6, 6.07) is 6.27. The van der Waals surface area contributed by atoms with E-state index >= 15 is 0 Å². The molecule has 0 radical (unpaired) electrons. The zero-order valence-corrected chi connectivity index (χ0v) is 11.9. The summed E-state index contributed by atoms with van der Waals surface area (Å²) < 4.78 is 1.11. The average Bonchev–Trinajstić information content (AvgIpc) is 2.83. The molecule has 2 rings (SSSR count). The zero-order chi connectivity index (χ0) is 12.3. The molecule has 0 saturated heterocycles. The van der Waals surface area contributed by atoms with Crippen LogP contribution in [0.1, 0.15) is 22.2 Å². The Morgan fingerprint density at radius 1 is 1.53 bits per heavy atom. The van der Waals surface area contributed by atoms with Crippen molar-refractivity contribution in [2.45, 2.75) is 19.4 Å². The Labute approximate surface area is 113 Å². The molecule has 1 aromatic heterocycles. The van der Waals surface area contributed by atoms with E-state index in [1.54, 1.807) is 11.3 Å². The van der Waals surface area contributed by atoms with Gasteiger partial charge in [0.05, 0.1) is 11.0 Å². The van der Waals surface area contributed by atoms with E-state index in [1.807, 2.05) is 17.6 Å². The predicted molar refractivity (Wildman–Crippen MR) is 74.8 cm³/mol. The van der Waals surface area contributed by atoms with Crippen LogP contribution in [0.25, 0.3) is 0 Å². The molecule has 0 saturated carbocycles. The van der Waals surface area contributed by atoms with Gasteiger partial charge in [-0.25, -0.2) is 4.98 Å². The Kier molecular flexibility index (Phi) is 4.28. The van der Waals surface area contributed by atoms with Gasteiger partial charge >= 0.3 is 0 Å². The Bertz CT molecular complexity index is 485. The van der Waals surface area contributed by atoms with E-state index in [9.17, 15) is 0 Å². The fourth-order valence-corrected chi connectivity index (χ4v) is 2.93. The molecule has 3 nitrogen and oxygen atoms in total. The number of hydrogen-bond acceptors (Lipinski definition) is 4. The van der Waals surface area contributed by atoms with Gasteiger partial charge in [0, 0.05) is 22.5 Å². The molecule has 0 aliphatic rings. The summed E-state index contributed by atoms with van der Waals surface area (Å²) in [4.78, 5) is 4.29. The molecule has 1 heterocycles. The van der Waals surface area contributed by atoms with Gasteiger partial charge in [0.15, 0.2) is 0 Å². The average molecular weight is 312 g/mol. The summed E-state index contributed by atoms with van der Waals surface area (Å²) in [5, 5.41) is 3.06. The highest BCUT2D eigenvalue weighted by atomic mass is 79.9. The molecule has 0 fully saturated rings. The van der Waals surface area contributed by atoms with Crippen LogP contribution in [0, 0.1) is 6.92 Å². The second kappa shape index (κ2) is 5.73. The van der Waals surface area contributed by atoms with Crippen LogP contribution < -0.4 is 11.3 Å². The van der Waals surface area contributed by atoms with Gasteiger partial charge in [0.1, 0.15) is 0 Å². The molecule has 0 aliphatic carbocycles. The fourth-order valence-electron chi connectivity index (χ4n) is 1.73. The third kappa shape index (κ3) is 2.93. The van der Waals surface area contributed by atoms with Gasteiger partial charge in [-0.3, -0.25) is 11.3 Å². The number of benzene rings is 1. The van der Waals surface area contributed by atoms with Crippen molar-refractivity contribution >= 4 is 27.3 Å². The van der Waals surface area contributed by atoms with Crippen molar-refractivity contribution in [1.29, 1.82) is 0 Å². The van der Waals surface area contributed by atoms with Gasteiger partial charge in [-0.1, -0.05) is 34.1 Å². The molecule has 1 unspecified atom stereocenters. The molecular formula is C12H14BrN3S. The van der Waals surface area contributed by atoms with Gasteiger partial charge in [-0.05, 0) is 18.1 Å². The third-order valence-corrected chi connectivity index (χ3v) is 4.55. The van der Waals surface area contributed by atoms with Crippen molar-refractivity contribution in [3.05, 3.63) is 50.4 Å². The van der Waals surface area contributed by atoms with Crippen molar-refractivity contribution in [3.8, 4) is 0 Å². The van der Waals surface area contributed by atoms with Gasteiger partial charge in [-0.2, -0.15) is 0 Å². The summed E-state index contributed by atoms with van der Waals surface area (Å²) in [7, 11) is 0. The summed E-state index contributed by atoms with van der Waals surface area (Å²) in [5.74, 6) is 5.65. The lowest BCUT2D eigenvalue weighted by atomic mass is 10.0. The Morgan fingerprint density at radius 2 is 2.35 bits per heavy atom. The third-order valence-electron chi connectivity index (χ3n) is 2.66. The summed E-state index contributed by atoms with van der Waals surface area (Å²) >= 11 is 5.26. The number of nitrogens with two attached hydrogens (primary N) is 1. The van der Waals surface area contributed by atoms with Gasteiger partial charge < -0.3 is 0 Å². The first-order valence-corrected chi connectivity index (χ1v) is 6.99. The minimum atomic E-state index is 0.0791. The first-order chi connectivity index (χ1) is 8.22. The van der Waals surface area contributed by atoms with Crippen molar-refractivity contribution in [3.63, 3.8) is 0 Å². The number of aryl methyl sites for hydroxylation is 1. The number of thiazole rings is 1. The van der Waals surface area contributed by atoms with Crippen LogP contribution in [0.15, 0.2) is 34.2 Å². The van der Waals surface area contributed by atoms with E-state index in [4.69, 9.17) is 5.84 Å². The van der Waals surface area contributed by atoms with E-state index in [-0.39, 0.29) is 6.04 Å². The largest absolute Gasteiger partial charge is 0.271 e. The quantitative estimate of drug-likeness (QED) is 0.674. The van der Waals surface area contributed by atoms with Crippen molar-refractivity contribution < 1.29 is 0 Å². The number of nitrogens with one attached hydrogen (secondary N) is 1. The maximum atomic E-state index is 5.65. The summed E-state index contributed by atoms with van der Waals surface area (Å²) in [6.07, 6.45) is 2.62. The lowest BCUT2D eigenvalue weighted by molar-refractivity contribution is 0.548. The van der Waals surface area contributed by atoms with Crippen molar-refractivity contribution in [2.75, 3.05) is 0 Å². The van der Waals surface area contributed by atoms with Gasteiger partial charge in [-0.15, -0.1) is 11.3 Å². The van der Waals surface area contributed by atoms with Crippen LogP contribution in [-0.2, 0) is 6.42 Å². The fraction of sp³-hybridized carbons (Fsp3) is 0.250. The number of hydrogen-bond donors (Lipinski definition) is 2. The van der Waals surface area contributed by atoms with E-state index in [0.717, 1.165) is 15.9 Å². The van der Waals surface area contributed by atoms with Crippen LogP contribution in [0.5, 0.6) is 0 Å². The summed E-state index contributed by atoms with van der Waals surface area (Å²) in [5.41, 5.74) is 5.24. The minimum Gasteiger partial charge on any atom is -0.271 e. The topological polar surface area (TPSA) is 50.9 Å². The molecule has 1 atom stereocenters. The predicted octanol–water partition coefficient (Wildman–Crippen LogP) is 2.96. The Balaban J connectivity index is 2.26. The highest BCUT2D eigenvalue weighted by molar-refractivity contribution is 9.10. The molecule has 5 heteroatoms. The van der Waals surface area contributed by atoms with Gasteiger partial charge in [0.2, 0.25) is 0 Å². The molecule has 0 bridgehead atoms. The number of aromatic nitrogens is 1. The van der Waals surface area contributed by atoms with Crippen molar-refractivity contribution in [1.82, 2.24) is 10.4 Å². The lowest BCUT2D eigenvalue weighted by Gasteiger charge is -2.17. The zero-order valence-electron chi connectivity index (χ0n) is 9.48. The van der Waals surface area contributed by atoms with E-state index in [2.05, 4.69) is 45.4 Å². The molecule has 0 spiro atoms. The standard InChI is InChI=1S/C12H14BrN3S/c1-8-3-2-4-9(12(8)13)10(16-14)7-11-15-5-6-17-11/h2-6,10,16H,7,14H2,1H3. The molecular weight excluding hydrogens is 298 g/mol. The summed E-state index contributed by atoms with van der Waals surface area (Å²) in [6.45, 7) is 2.07. The Hall–Kier alpha value is -0.750. The highest BCUT2D eigenvalue weighted by Crippen LogP contribution is 2.28. The molecule has 1 aromatic carbocycles. The number of rotatable bonds is 4. The van der Waals surface area contributed by atoms with Crippen LogP contribution >= 0.6 is 27.3 Å². The van der Waals surface area contributed by atoms with E-state index in [0.29, 0.717) is 0 Å². The first kappa shape index (κ1) is 12.7. The SMILES string of the molecule is Cc1cccc(C(Cc2nccs2)NN)c1Br. The number of halogens is 1. The maximum absolute atomic E-state index is 5.65. The van der Waals surface area contributed by atoms with Crippen LogP contribution in [0.2, 0.25) is 0 Å². The molecule has 0 aliphatic heterocycles. The molecule has 3 N–H and O–H groups in total. The first-order valence-electron chi connectivity index (χ1n) is 5.32. The van der Waals surface area contributed by atoms with Crippen LogP contribution in [-0.4, -0.2) is 4.98 Å².